The summed E-state index contributed by atoms with van der Waals surface area (Å²) in [6, 6.07) is 14.4. The van der Waals surface area contributed by atoms with Crippen LogP contribution in [0.2, 0.25) is 0 Å². The summed E-state index contributed by atoms with van der Waals surface area (Å²) in [5, 5.41) is 11.3. The lowest BCUT2D eigenvalue weighted by Gasteiger charge is -2.41. The minimum Gasteiger partial charge on any atom is -0.493 e. The standard InChI is InChI=1S/C23H21F3N2O3/c1-21(11-12-31-19-8-3-2-5-16(19)21)13-22(30,23(24,25)26)14-27-17-6-4-7-18-15(17)9-10-20(29)28-18/h2-10,14,30H,11-13H2,1H3,(H,28,29). The van der Waals surface area contributed by atoms with E-state index in [1.54, 1.807) is 43.3 Å². The second-order valence-electron chi connectivity index (χ2n) is 8.07. The molecule has 2 unspecified atom stereocenters. The topological polar surface area (TPSA) is 74.7 Å². The number of rotatable bonds is 4. The van der Waals surface area contributed by atoms with Crippen LogP contribution in [0.5, 0.6) is 5.75 Å². The molecule has 31 heavy (non-hydrogen) atoms. The molecule has 0 bridgehead atoms. The first-order valence-electron chi connectivity index (χ1n) is 9.80. The molecule has 2 aromatic carbocycles. The van der Waals surface area contributed by atoms with E-state index in [1.165, 1.54) is 18.2 Å². The van der Waals surface area contributed by atoms with Crippen LogP contribution in [-0.2, 0) is 5.41 Å². The maximum absolute atomic E-state index is 14.1. The van der Waals surface area contributed by atoms with Crippen molar-refractivity contribution in [2.45, 2.75) is 37.0 Å². The van der Waals surface area contributed by atoms with Gasteiger partial charge in [0.2, 0.25) is 5.56 Å². The van der Waals surface area contributed by atoms with Crippen LogP contribution in [0.1, 0.15) is 25.3 Å². The van der Waals surface area contributed by atoms with E-state index in [4.69, 9.17) is 4.74 Å². The monoisotopic (exact) mass is 430 g/mol. The van der Waals surface area contributed by atoms with E-state index in [1.807, 2.05) is 0 Å². The molecule has 0 radical (unpaired) electrons. The average molecular weight is 430 g/mol. The summed E-state index contributed by atoms with van der Waals surface area (Å²) in [5.41, 5.74) is -3.16. The zero-order valence-electron chi connectivity index (χ0n) is 16.7. The minimum absolute atomic E-state index is 0.217. The Morgan fingerprint density at radius 2 is 1.94 bits per heavy atom. The van der Waals surface area contributed by atoms with E-state index in [0.717, 1.165) is 0 Å². The lowest BCUT2D eigenvalue weighted by atomic mass is 9.70. The van der Waals surface area contributed by atoms with Gasteiger partial charge in [0.25, 0.3) is 0 Å². The SMILES string of the molecule is CC1(CC(O)(C=Nc2cccc3[nH]c(=O)ccc23)C(F)(F)F)CCOc2ccccc21. The highest BCUT2D eigenvalue weighted by Gasteiger charge is 2.56. The molecule has 2 atom stereocenters. The molecule has 2 N–H and O–H groups in total. The molecular weight excluding hydrogens is 409 g/mol. The van der Waals surface area contributed by atoms with Gasteiger partial charge in [0.1, 0.15) is 5.75 Å². The number of hydrogen-bond donors (Lipinski definition) is 2. The zero-order chi connectivity index (χ0) is 22.3. The summed E-state index contributed by atoms with van der Waals surface area (Å²) in [6.45, 7) is 1.96. The van der Waals surface area contributed by atoms with Crippen molar-refractivity contribution in [1.82, 2.24) is 4.98 Å². The van der Waals surface area contributed by atoms with Gasteiger partial charge in [0, 0.05) is 28.6 Å². The number of benzene rings is 2. The third kappa shape index (κ3) is 3.95. The first kappa shape index (κ1) is 21.1. The predicted octanol–water partition coefficient (Wildman–Crippen LogP) is 4.65. The Bertz CT molecular complexity index is 1200. The van der Waals surface area contributed by atoms with E-state index in [-0.39, 0.29) is 17.9 Å². The third-order valence-electron chi connectivity index (χ3n) is 5.76. The molecular formula is C23H21F3N2O3. The second kappa shape index (κ2) is 7.53. The lowest BCUT2D eigenvalue weighted by Crippen LogP contribution is -2.51. The van der Waals surface area contributed by atoms with E-state index in [9.17, 15) is 23.1 Å². The third-order valence-corrected chi connectivity index (χ3v) is 5.76. The number of H-pyrrole nitrogens is 1. The Hall–Kier alpha value is -3.13. The molecule has 1 aliphatic heterocycles. The summed E-state index contributed by atoms with van der Waals surface area (Å²) in [4.78, 5) is 18.1. The molecule has 0 spiro atoms. The van der Waals surface area contributed by atoms with Gasteiger partial charge in [-0.05, 0) is 37.1 Å². The molecule has 3 aromatic rings. The van der Waals surface area contributed by atoms with Gasteiger partial charge in [0.05, 0.1) is 17.8 Å². The van der Waals surface area contributed by atoms with Gasteiger partial charge < -0.3 is 14.8 Å². The fraction of sp³-hybridized carbons (Fsp3) is 0.304. The van der Waals surface area contributed by atoms with Crippen molar-refractivity contribution in [3.8, 4) is 5.75 Å². The normalized spacial score (nSPS) is 20.9. The number of nitrogens with one attached hydrogen (secondary N) is 1. The molecule has 0 fully saturated rings. The predicted molar refractivity (Wildman–Crippen MR) is 112 cm³/mol. The van der Waals surface area contributed by atoms with E-state index >= 15 is 0 Å². The summed E-state index contributed by atoms with van der Waals surface area (Å²) in [6.07, 6.45) is -4.65. The number of aliphatic imine (C=N–C) groups is 1. The summed E-state index contributed by atoms with van der Waals surface area (Å²) in [5.74, 6) is 0.524. The molecule has 162 valence electrons. The van der Waals surface area contributed by atoms with E-state index < -0.39 is 23.6 Å². The van der Waals surface area contributed by atoms with Crippen LogP contribution in [0.25, 0.3) is 10.9 Å². The number of alkyl halides is 3. The van der Waals surface area contributed by atoms with Crippen LogP contribution in [-0.4, -0.2) is 34.7 Å². The molecule has 5 nitrogen and oxygen atoms in total. The quantitative estimate of drug-likeness (QED) is 0.592. The maximum Gasteiger partial charge on any atom is 0.422 e. The summed E-state index contributed by atoms with van der Waals surface area (Å²) < 4.78 is 47.7. The molecule has 1 aromatic heterocycles. The van der Waals surface area contributed by atoms with Crippen LogP contribution in [0, 0.1) is 0 Å². The zero-order valence-corrected chi connectivity index (χ0v) is 16.7. The van der Waals surface area contributed by atoms with Gasteiger partial charge in [0.15, 0.2) is 5.60 Å². The van der Waals surface area contributed by atoms with Crippen LogP contribution < -0.4 is 10.3 Å². The molecule has 1 aliphatic rings. The van der Waals surface area contributed by atoms with Crippen molar-refractivity contribution in [1.29, 1.82) is 0 Å². The van der Waals surface area contributed by atoms with Crippen LogP contribution in [0.3, 0.4) is 0 Å². The molecule has 0 amide bonds. The lowest BCUT2D eigenvalue weighted by molar-refractivity contribution is -0.235. The maximum atomic E-state index is 14.1. The Labute approximate surface area is 176 Å². The number of aliphatic hydroxyl groups is 1. The van der Waals surface area contributed by atoms with Crippen LogP contribution in [0.15, 0.2) is 64.4 Å². The van der Waals surface area contributed by atoms with E-state index in [0.29, 0.717) is 34.9 Å². The fourth-order valence-corrected chi connectivity index (χ4v) is 4.07. The van der Waals surface area contributed by atoms with Crippen molar-refractivity contribution in [2.24, 2.45) is 4.99 Å². The molecule has 4 rings (SSSR count). The molecule has 2 heterocycles. The highest BCUT2D eigenvalue weighted by Crippen LogP contribution is 2.47. The van der Waals surface area contributed by atoms with Crippen LogP contribution in [0.4, 0.5) is 18.9 Å². The van der Waals surface area contributed by atoms with Gasteiger partial charge in [-0.15, -0.1) is 0 Å². The first-order chi connectivity index (χ1) is 14.6. The Morgan fingerprint density at radius 3 is 2.71 bits per heavy atom. The van der Waals surface area contributed by atoms with Gasteiger partial charge in [-0.2, -0.15) is 13.2 Å². The number of pyridine rings is 1. The van der Waals surface area contributed by atoms with Crippen molar-refractivity contribution >= 4 is 22.8 Å². The molecule has 0 saturated heterocycles. The number of halogens is 3. The number of nitrogens with zero attached hydrogens (tertiary/aromatic N) is 1. The van der Waals surface area contributed by atoms with Crippen LogP contribution >= 0.6 is 0 Å². The second-order valence-corrected chi connectivity index (χ2v) is 8.07. The van der Waals surface area contributed by atoms with Crippen molar-refractivity contribution in [2.75, 3.05) is 6.61 Å². The Balaban J connectivity index is 1.74. The smallest absolute Gasteiger partial charge is 0.422 e. The van der Waals surface area contributed by atoms with Crippen molar-refractivity contribution in [3.63, 3.8) is 0 Å². The average Bonchev–Trinajstić information content (AvgIpc) is 2.71. The highest BCUT2D eigenvalue weighted by atomic mass is 19.4. The number of para-hydroxylation sites is 1. The molecule has 8 heteroatoms. The first-order valence-corrected chi connectivity index (χ1v) is 9.80. The van der Waals surface area contributed by atoms with Gasteiger partial charge >= 0.3 is 6.18 Å². The van der Waals surface area contributed by atoms with Gasteiger partial charge in [-0.3, -0.25) is 9.79 Å². The number of aromatic nitrogens is 1. The fourth-order valence-electron chi connectivity index (χ4n) is 4.07. The largest absolute Gasteiger partial charge is 0.493 e. The number of ether oxygens (including phenoxy) is 1. The Morgan fingerprint density at radius 1 is 1.16 bits per heavy atom. The van der Waals surface area contributed by atoms with Crippen molar-refractivity contribution < 1.29 is 23.0 Å². The molecule has 0 aliphatic carbocycles. The highest BCUT2D eigenvalue weighted by molar-refractivity contribution is 5.91. The number of hydrogen-bond acceptors (Lipinski definition) is 4. The number of fused-ring (bicyclic) bond motifs is 2. The number of aromatic amines is 1. The van der Waals surface area contributed by atoms with E-state index in [2.05, 4.69) is 9.98 Å². The van der Waals surface area contributed by atoms with Gasteiger partial charge in [-0.1, -0.05) is 31.2 Å². The summed E-state index contributed by atoms with van der Waals surface area (Å²) in [7, 11) is 0. The van der Waals surface area contributed by atoms with Gasteiger partial charge in [-0.25, -0.2) is 0 Å². The van der Waals surface area contributed by atoms with Crippen molar-refractivity contribution in [3.05, 3.63) is 70.5 Å². The molecule has 0 saturated carbocycles. The summed E-state index contributed by atoms with van der Waals surface area (Å²) >= 11 is 0. The minimum atomic E-state index is -4.94. The Kier molecular flexibility index (Phi) is 5.13.